The molecule has 0 heterocycles. The van der Waals surface area contributed by atoms with Crippen LogP contribution in [0.5, 0.6) is 0 Å². The van der Waals surface area contributed by atoms with Crippen LogP contribution < -0.4 is 0 Å². The van der Waals surface area contributed by atoms with Crippen LogP contribution in [0.4, 0.5) is 0 Å². The highest BCUT2D eigenvalue weighted by Crippen LogP contribution is 2.50. The van der Waals surface area contributed by atoms with Crippen molar-refractivity contribution in [2.45, 2.75) is 10.4 Å². The second-order valence-electron chi connectivity index (χ2n) is 2.58. The lowest BCUT2D eigenvalue weighted by atomic mass is 10.1. The van der Waals surface area contributed by atoms with Crippen molar-refractivity contribution in [1.29, 1.82) is 0 Å². The molecule has 9 heteroatoms. The number of nitrogens with zero attached hydrogens (tertiary/aromatic N) is 1. The summed E-state index contributed by atoms with van der Waals surface area (Å²) in [7, 11) is 0. The second kappa shape index (κ2) is 4.47. The first-order valence-corrected chi connectivity index (χ1v) is 5.66. The minimum absolute atomic E-state index is 0.138. The predicted molar refractivity (Wildman–Crippen MR) is 62.7 cm³/mol. The van der Waals surface area contributed by atoms with E-state index in [1.165, 1.54) is 0 Å². The van der Waals surface area contributed by atoms with Crippen molar-refractivity contribution in [3.05, 3.63) is 30.2 Å². The zero-order valence-corrected chi connectivity index (χ0v) is 11.1. The lowest BCUT2D eigenvalue weighted by molar-refractivity contribution is -0.527. The van der Waals surface area contributed by atoms with Gasteiger partial charge in [-0.2, -0.15) is 0 Å². The van der Waals surface area contributed by atoms with Gasteiger partial charge >= 0.3 is 5.00 Å². The Bertz CT molecular complexity index is 391. The quantitative estimate of drug-likeness (QED) is 0.313. The molecule has 1 aliphatic carbocycles. The molecule has 1 aliphatic rings. The van der Waals surface area contributed by atoms with E-state index in [-0.39, 0.29) is 15.1 Å². The van der Waals surface area contributed by atoms with E-state index in [4.69, 9.17) is 69.6 Å². The van der Waals surface area contributed by atoms with Crippen molar-refractivity contribution in [2.75, 3.05) is 0 Å². The summed E-state index contributed by atoms with van der Waals surface area (Å²) in [4.78, 5) is 7.63. The summed E-state index contributed by atoms with van der Waals surface area (Å²) in [6.07, 6.45) is 0. The Morgan fingerprint density at radius 3 is 2.07 bits per heavy atom. The maximum Gasteiger partial charge on any atom is 0.353 e. The summed E-state index contributed by atoms with van der Waals surface area (Å²) < 4.78 is 0. The zero-order chi connectivity index (χ0) is 12.0. The SMILES string of the molecule is O=[N+]([O-])C1(Cl)C(Cl)=C(Cl)C(Cl)=C(Cl)C1Cl. The summed E-state index contributed by atoms with van der Waals surface area (Å²) in [5.41, 5.74) is 0. The van der Waals surface area contributed by atoms with E-state index in [2.05, 4.69) is 0 Å². The largest absolute Gasteiger partial charge is 0.353 e. The number of halogens is 6. The zero-order valence-electron chi connectivity index (χ0n) is 6.61. The predicted octanol–water partition coefficient (Wildman–Crippen LogP) is 4.20. The third-order valence-corrected chi connectivity index (χ3v) is 5.07. The molecule has 0 bridgehead atoms. The number of hydrogen-bond donors (Lipinski definition) is 0. The molecule has 15 heavy (non-hydrogen) atoms. The Morgan fingerprint density at radius 1 is 1.20 bits per heavy atom. The second-order valence-corrected chi connectivity index (χ2v) is 5.14. The highest BCUT2D eigenvalue weighted by molar-refractivity contribution is 6.56. The Labute approximate surface area is 115 Å². The lowest BCUT2D eigenvalue weighted by Gasteiger charge is -2.27. The Hall–Kier alpha value is 0.620. The number of allylic oxidation sites excluding steroid dienone is 2. The van der Waals surface area contributed by atoms with Crippen LogP contribution in [0.3, 0.4) is 0 Å². The molecule has 0 amide bonds. The van der Waals surface area contributed by atoms with Gasteiger partial charge in [0, 0.05) is 0 Å². The average molecular weight is 332 g/mol. The van der Waals surface area contributed by atoms with Gasteiger partial charge in [-0.05, 0) is 11.6 Å². The third kappa shape index (κ3) is 1.94. The normalized spacial score (nSPS) is 32.3. The maximum absolute atomic E-state index is 10.8. The van der Waals surface area contributed by atoms with Crippen molar-refractivity contribution < 1.29 is 4.92 Å². The molecule has 0 aromatic heterocycles. The average Bonchev–Trinajstić information content (AvgIpc) is 2.20. The molecule has 2 atom stereocenters. The van der Waals surface area contributed by atoms with Gasteiger partial charge in [-0.15, -0.1) is 11.6 Å². The van der Waals surface area contributed by atoms with Crippen LogP contribution in [0.15, 0.2) is 20.1 Å². The van der Waals surface area contributed by atoms with Crippen LogP contribution in [-0.4, -0.2) is 15.3 Å². The van der Waals surface area contributed by atoms with Crippen LogP contribution in [0.25, 0.3) is 0 Å². The number of rotatable bonds is 1. The summed E-state index contributed by atoms with van der Waals surface area (Å²) in [5, 5.41) is 8.33. The van der Waals surface area contributed by atoms with E-state index in [0.29, 0.717) is 0 Å². The molecule has 0 saturated carbocycles. The fourth-order valence-electron chi connectivity index (χ4n) is 0.918. The molecule has 0 saturated heterocycles. The van der Waals surface area contributed by atoms with E-state index in [1.54, 1.807) is 0 Å². The van der Waals surface area contributed by atoms with Gasteiger partial charge in [0.2, 0.25) is 0 Å². The van der Waals surface area contributed by atoms with Crippen molar-refractivity contribution in [3.63, 3.8) is 0 Å². The van der Waals surface area contributed by atoms with Crippen molar-refractivity contribution >= 4 is 69.6 Å². The minimum atomic E-state index is -2.28. The highest BCUT2D eigenvalue weighted by Gasteiger charge is 2.57. The van der Waals surface area contributed by atoms with E-state index in [9.17, 15) is 10.1 Å². The Kier molecular flexibility index (Phi) is 4.08. The molecular weight excluding hydrogens is 331 g/mol. The molecule has 0 aromatic rings. The van der Waals surface area contributed by atoms with Gasteiger partial charge in [0.25, 0.3) is 0 Å². The summed E-state index contributed by atoms with van der Waals surface area (Å²) >= 11 is 34.0. The molecule has 0 aromatic carbocycles. The van der Waals surface area contributed by atoms with E-state index in [0.717, 1.165) is 0 Å². The first-order chi connectivity index (χ1) is 6.74. The molecule has 0 N–H and O–H groups in total. The molecule has 0 fully saturated rings. The Balaban J connectivity index is 3.45. The highest BCUT2D eigenvalue weighted by atomic mass is 35.5. The molecule has 3 nitrogen and oxygen atoms in total. The smallest absolute Gasteiger partial charge is 0.262 e. The third-order valence-electron chi connectivity index (χ3n) is 1.73. The van der Waals surface area contributed by atoms with E-state index in [1.807, 2.05) is 0 Å². The van der Waals surface area contributed by atoms with Gasteiger partial charge in [-0.3, -0.25) is 10.1 Å². The standard InChI is InChI=1S/C6HCl6NO2/c7-1-2(8)4(10)6(12,13(14)15)5(11)3(1)9/h4H. The molecule has 0 radical (unpaired) electrons. The van der Waals surface area contributed by atoms with Crippen molar-refractivity contribution in [2.24, 2.45) is 0 Å². The molecule has 0 spiro atoms. The van der Waals surface area contributed by atoms with Crippen LogP contribution in [0, 0.1) is 10.1 Å². The summed E-state index contributed by atoms with van der Waals surface area (Å²) in [6.45, 7) is 0. The topological polar surface area (TPSA) is 43.1 Å². The minimum Gasteiger partial charge on any atom is -0.262 e. The van der Waals surface area contributed by atoms with E-state index < -0.39 is 20.3 Å². The fraction of sp³-hybridized carbons (Fsp3) is 0.333. The fourth-order valence-corrected chi connectivity index (χ4v) is 2.71. The monoisotopic (exact) mass is 329 g/mol. The van der Waals surface area contributed by atoms with Gasteiger partial charge in [-0.1, -0.05) is 46.4 Å². The molecule has 1 rings (SSSR count). The van der Waals surface area contributed by atoms with Gasteiger partial charge in [0.05, 0.1) is 20.0 Å². The van der Waals surface area contributed by atoms with Crippen LogP contribution in [-0.2, 0) is 0 Å². The number of nitro groups is 1. The van der Waals surface area contributed by atoms with Gasteiger partial charge < -0.3 is 0 Å². The van der Waals surface area contributed by atoms with Crippen LogP contribution in [0.2, 0.25) is 0 Å². The molecule has 2 unspecified atom stereocenters. The van der Waals surface area contributed by atoms with Crippen molar-refractivity contribution in [1.82, 2.24) is 0 Å². The van der Waals surface area contributed by atoms with Crippen LogP contribution >= 0.6 is 69.6 Å². The molecule has 0 aliphatic heterocycles. The molecule has 84 valence electrons. The van der Waals surface area contributed by atoms with Gasteiger partial charge in [0.15, 0.2) is 5.38 Å². The Morgan fingerprint density at radius 2 is 1.67 bits per heavy atom. The summed E-state index contributed by atoms with van der Waals surface area (Å²) in [6, 6.07) is 0. The molecular formula is C6HCl6NO2. The van der Waals surface area contributed by atoms with E-state index >= 15 is 0 Å². The van der Waals surface area contributed by atoms with Gasteiger partial charge in [0.1, 0.15) is 5.03 Å². The summed E-state index contributed by atoms with van der Waals surface area (Å²) in [5.74, 6) is 0. The lowest BCUT2D eigenvalue weighted by Crippen LogP contribution is -2.44. The first-order valence-electron chi connectivity index (χ1n) is 3.33. The van der Waals surface area contributed by atoms with Gasteiger partial charge in [-0.25, -0.2) is 0 Å². The van der Waals surface area contributed by atoms with Crippen molar-refractivity contribution in [3.8, 4) is 0 Å². The first kappa shape index (κ1) is 13.7. The number of hydrogen-bond acceptors (Lipinski definition) is 2. The number of alkyl halides is 2. The van der Waals surface area contributed by atoms with Crippen LogP contribution in [0.1, 0.15) is 0 Å². The maximum atomic E-state index is 10.8.